The Morgan fingerprint density at radius 1 is 0.667 bits per heavy atom. The maximum Gasteiger partial charge on any atom is 0.195 e. The molecule has 0 amide bonds. The van der Waals surface area contributed by atoms with Crippen LogP contribution in [0.4, 0.5) is 11.4 Å². The molecule has 33 heavy (non-hydrogen) atoms. The summed E-state index contributed by atoms with van der Waals surface area (Å²) in [6, 6.07) is 37.0. The molecule has 2 heterocycles. The smallest absolute Gasteiger partial charge is 0.195 e. The lowest BCUT2D eigenvalue weighted by Gasteiger charge is -2.36. The number of para-hydroxylation sites is 4. The molecule has 0 radical (unpaired) electrons. The predicted molar refractivity (Wildman–Crippen MR) is 135 cm³/mol. The van der Waals surface area contributed by atoms with Crippen LogP contribution in [0.5, 0.6) is 0 Å². The number of aromatic nitrogens is 1. The second-order valence-electron chi connectivity index (χ2n) is 8.74. The first kappa shape index (κ1) is 19.6. The van der Waals surface area contributed by atoms with Gasteiger partial charge in [0.1, 0.15) is 5.54 Å². The highest BCUT2D eigenvalue weighted by Crippen LogP contribution is 2.52. The number of carbonyl (C=O) groups is 1. The normalized spacial score (nSPS) is 17.5. The van der Waals surface area contributed by atoms with Crippen molar-refractivity contribution >= 4 is 28.1 Å². The average molecular weight is 429 g/mol. The molecule has 0 saturated carbocycles. The molecule has 5 aromatic rings. The van der Waals surface area contributed by atoms with E-state index in [1.807, 2.05) is 42.5 Å². The number of fused-ring (bicyclic) bond motifs is 2. The average Bonchev–Trinajstić information content (AvgIpc) is 3.28. The minimum Gasteiger partial charge on any atom is -0.323 e. The number of anilines is 2. The summed E-state index contributed by atoms with van der Waals surface area (Å²) >= 11 is 0. The number of benzene rings is 4. The van der Waals surface area contributed by atoms with Crippen LogP contribution >= 0.6 is 0 Å². The van der Waals surface area contributed by atoms with Gasteiger partial charge in [-0.2, -0.15) is 0 Å². The summed E-state index contributed by atoms with van der Waals surface area (Å²) in [7, 11) is 0. The highest BCUT2D eigenvalue weighted by molar-refractivity contribution is 6.17. The topological polar surface area (TPSA) is 25.2 Å². The van der Waals surface area contributed by atoms with Gasteiger partial charge in [0, 0.05) is 33.6 Å². The number of Topliss-reactive ketones (excluding diaryl/α,β-unsaturated/α-hetero) is 1. The van der Waals surface area contributed by atoms with E-state index >= 15 is 0 Å². The lowest BCUT2D eigenvalue weighted by atomic mass is 9.84. The molecule has 6 rings (SSSR count). The second kappa shape index (κ2) is 7.21. The van der Waals surface area contributed by atoms with Gasteiger partial charge >= 0.3 is 0 Å². The first-order chi connectivity index (χ1) is 16.1. The summed E-state index contributed by atoms with van der Waals surface area (Å²) in [6.45, 7) is 4.21. The van der Waals surface area contributed by atoms with Crippen molar-refractivity contribution < 1.29 is 4.79 Å². The molecule has 160 valence electrons. The SMILES string of the molecule is Cc1c(C2(C)C(=O)c3ccccc3N2c2ccccc2)c2ccccc2n1-c1ccccc1. The number of nitrogens with zero attached hydrogens (tertiary/aromatic N) is 2. The molecule has 3 nitrogen and oxygen atoms in total. The molecule has 0 spiro atoms. The van der Waals surface area contributed by atoms with Crippen molar-refractivity contribution in [3.8, 4) is 5.69 Å². The number of hydrogen-bond donors (Lipinski definition) is 0. The monoisotopic (exact) mass is 428 g/mol. The molecule has 0 aliphatic carbocycles. The van der Waals surface area contributed by atoms with Crippen molar-refractivity contribution in [2.45, 2.75) is 19.4 Å². The van der Waals surface area contributed by atoms with Crippen LogP contribution in [0.25, 0.3) is 16.6 Å². The third-order valence-electron chi connectivity index (χ3n) is 6.91. The Labute approximate surface area is 193 Å². The lowest BCUT2D eigenvalue weighted by Crippen LogP contribution is -2.42. The van der Waals surface area contributed by atoms with Gasteiger partial charge in [0.15, 0.2) is 5.78 Å². The summed E-state index contributed by atoms with van der Waals surface area (Å²) in [5.74, 6) is 0.126. The summed E-state index contributed by atoms with van der Waals surface area (Å²) in [5, 5.41) is 1.10. The molecule has 3 heteroatoms. The van der Waals surface area contributed by atoms with E-state index in [0.29, 0.717) is 0 Å². The van der Waals surface area contributed by atoms with Crippen LogP contribution in [0.15, 0.2) is 109 Å². The molecular weight excluding hydrogens is 404 g/mol. The van der Waals surface area contributed by atoms with Crippen LogP contribution in [0, 0.1) is 6.92 Å². The molecule has 4 aromatic carbocycles. The van der Waals surface area contributed by atoms with Crippen molar-refractivity contribution in [2.24, 2.45) is 0 Å². The van der Waals surface area contributed by atoms with Crippen molar-refractivity contribution in [3.05, 3.63) is 126 Å². The molecule has 0 fully saturated rings. The molecule has 0 saturated heterocycles. The van der Waals surface area contributed by atoms with Crippen LogP contribution in [0.3, 0.4) is 0 Å². The lowest BCUT2D eigenvalue weighted by molar-refractivity contribution is 0.0917. The Bertz CT molecular complexity index is 1500. The van der Waals surface area contributed by atoms with Gasteiger partial charge in [0.05, 0.1) is 11.2 Å². The number of ketones is 1. The third kappa shape index (κ3) is 2.66. The highest BCUT2D eigenvalue weighted by atomic mass is 16.1. The largest absolute Gasteiger partial charge is 0.323 e. The van der Waals surface area contributed by atoms with Gasteiger partial charge in [-0.15, -0.1) is 0 Å². The van der Waals surface area contributed by atoms with Crippen molar-refractivity contribution in [2.75, 3.05) is 4.90 Å². The zero-order valence-corrected chi connectivity index (χ0v) is 18.7. The highest BCUT2D eigenvalue weighted by Gasteiger charge is 2.51. The van der Waals surface area contributed by atoms with E-state index in [1.165, 1.54) is 0 Å². The Morgan fingerprint density at radius 2 is 1.24 bits per heavy atom. The minimum atomic E-state index is -0.880. The van der Waals surface area contributed by atoms with Gasteiger partial charge in [0.25, 0.3) is 0 Å². The fourth-order valence-electron chi connectivity index (χ4n) is 5.56. The minimum absolute atomic E-state index is 0.126. The van der Waals surface area contributed by atoms with E-state index < -0.39 is 5.54 Å². The van der Waals surface area contributed by atoms with Gasteiger partial charge in [-0.1, -0.05) is 66.7 Å². The Kier molecular flexibility index (Phi) is 4.27. The third-order valence-corrected chi connectivity index (χ3v) is 6.91. The first-order valence-electron chi connectivity index (χ1n) is 11.3. The van der Waals surface area contributed by atoms with Crippen LogP contribution in [-0.4, -0.2) is 10.4 Å². The molecule has 1 aromatic heterocycles. The quantitative estimate of drug-likeness (QED) is 0.304. The predicted octanol–water partition coefficient (Wildman–Crippen LogP) is 7.19. The van der Waals surface area contributed by atoms with Crippen LogP contribution in [0.1, 0.15) is 28.5 Å². The summed E-state index contributed by atoms with van der Waals surface area (Å²) in [4.78, 5) is 16.4. The van der Waals surface area contributed by atoms with Crippen LogP contribution in [0.2, 0.25) is 0 Å². The Morgan fingerprint density at radius 3 is 1.97 bits per heavy atom. The van der Waals surface area contributed by atoms with Crippen molar-refractivity contribution in [1.82, 2.24) is 4.57 Å². The van der Waals surface area contributed by atoms with Gasteiger partial charge in [-0.05, 0) is 56.3 Å². The van der Waals surface area contributed by atoms with Crippen molar-refractivity contribution in [1.29, 1.82) is 0 Å². The molecule has 1 aliphatic rings. The van der Waals surface area contributed by atoms with Crippen LogP contribution in [-0.2, 0) is 5.54 Å². The van der Waals surface area contributed by atoms with E-state index in [0.717, 1.165) is 44.8 Å². The Balaban J connectivity index is 1.71. The number of hydrogen-bond acceptors (Lipinski definition) is 2. The Hall–Kier alpha value is -4.11. The number of carbonyl (C=O) groups excluding carboxylic acids is 1. The first-order valence-corrected chi connectivity index (χ1v) is 11.3. The molecule has 0 N–H and O–H groups in total. The maximum atomic E-state index is 14.2. The van der Waals surface area contributed by atoms with E-state index in [4.69, 9.17) is 0 Å². The van der Waals surface area contributed by atoms with Gasteiger partial charge in [-0.3, -0.25) is 4.79 Å². The van der Waals surface area contributed by atoms with Gasteiger partial charge in [0.2, 0.25) is 0 Å². The summed E-state index contributed by atoms with van der Waals surface area (Å²) in [6.07, 6.45) is 0. The number of rotatable bonds is 3. The molecule has 1 unspecified atom stereocenters. The second-order valence-corrected chi connectivity index (χ2v) is 8.74. The van der Waals surface area contributed by atoms with Gasteiger partial charge in [-0.25, -0.2) is 0 Å². The fourth-order valence-corrected chi connectivity index (χ4v) is 5.56. The zero-order chi connectivity index (χ0) is 22.6. The standard InChI is InChI=1S/C30H24N2O/c1-21-28(24-17-9-11-19-26(24)31(21)22-13-5-3-6-14-22)30(2)29(33)25-18-10-12-20-27(25)32(30)23-15-7-4-8-16-23/h3-20H,1-2H3. The van der Waals surface area contributed by atoms with Crippen molar-refractivity contribution in [3.63, 3.8) is 0 Å². The van der Waals surface area contributed by atoms with E-state index in [2.05, 4.69) is 90.0 Å². The maximum absolute atomic E-state index is 14.2. The summed E-state index contributed by atoms with van der Waals surface area (Å²) < 4.78 is 2.27. The summed E-state index contributed by atoms with van der Waals surface area (Å²) in [5.41, 5.74) is 6.17. The van der Waals surface area contributed by atoms with E-state index in [9.17, 15) is 4.79 Å². The van der Waals surface area contributed by atoms with Crippen LogP contribution < -0.4 is 4.90 Å². The van der Waals surface area contributed by atoms with E-state index in [-0.39, 0.29) is 5.78 Å². The molecule has 0 bridgehead atoms. The van der Waals surface area contributed by atoms with Gasteiger partial charge < -0.3 is 9.47 Å². The molecule has 1 atom stereocenters. The zero-order valence-electron chi connectivity index (χ0n) is 18.7. The van der Waals surface area contributed by atoms with E-state index in [1.54, 1.807) is 0 Å². The molecule has 1 aliphatic heterocycles. The molecular formula is C30H24N2O. The fraction of sp³-hybridized carbons (Fsp3) is 0.100.